The number of likely N-dealkylation sites (N-methyl/N-ethyl adjacent to an activating group) is 1. The highest BCUT2D eigenvalue weighted by atomic mass is 15.4. The van der Waals surface area contributed by atoms with E-state index in [1.807, 2.05) is 30.3 Å². The minimum absolute atomic E-state index is 0. The van der Waals surface area contributed by atoms with Crippen LogP contribution in [0.3, 0.4) is 0 Å². The van der Waals surface area contributed by atoms with Gasteiger partial charge in [-0.3, -0.25) is 0 Å². The first kappa shape index (κ1) is 9.73. The minimum Gasteiger partial charge on any atom is -0.369 e. The van der Waals surface area contributed by atoms with E-state index in [1.54, 1.807) is 17.7 Å². The Hall–Kier alpha value is -2.86. The number of hydrogen-bond acceptors (Lipinski definition) is 5. The molecule has 1 aliphatic heterocycles. The molecular formula is C20H26N6. The highest BCUT2D eigenvalue weighted by Crippen LogP contribution is 2.25. The molecule has 0 amide bonds. The van der Waals surface area contributed by atoms with Gasteiger partial charge in [0.1, 0.15) is 6.33 Å². The van der Waals surface area contributed by atoms with E-state index >= 15 is 0 Å². The first-order valence-corrected chi connectivity index (χ1v) is 8.10. The Morgan fingerprint density at radius 1 is 1.04 bits per heavy atom. The number of benzene rings is 2. The first-order chi connectivity index (χ1) is 15.7. The van der Waals surface area contributed by atoms with Gasteiger partial charge in [0.25, 0.3) is 0 Å². The molecule has 0 bridgehead atoms. The summed E-state index contributed by atoms with van der Waals surface area (Å²) in [6.07, 6.45) is 1.52. The third-order valence-corrected chi connectivity index (χ3v) is 3.75. The van der Waals surface area contributed by atoms with Crippen LogP contribution in [0.15, 0.2) is 54.9 Å². The van der Waals surface area contributed by atoms with Crippen molar-refractivity contribution < 1.29 is 12.4 Å². The summed E-state index contributed by atoms with van der Waals surface area (Å²) in [5, 5.41) is 7.37. The lowest BCUT2D eigenvalue weighted by atomic mass is 10.1. The number of nitrogens with one attached hydrogen (secondary N) is 1. The number of piperazine rings is 1. The van der Waals surface area contributed by atoms with Crippen LogP contribution in [0.2, 0.25) is 0 Å². The summed E-state index contributed by atoms with van der Waals surface area (Å²) in [7, 11) is 1.03. The molecular weight excluding hydrogens is 324 g/mol. The number of hydrogen-bond donors (Lipinski definition) is 1. The van der Waals surface area contributed by atoms with Crippen molar-refractivity contribution in [2.75, 3.05) is 43.3 Å². The van der Waals surface area contributed by atoms with Gasteiger partial charge in [-0.05, 0) is 49.9 Å². The predicted molar refractivity (Wildman–Crippen MR) is 108 cm³/mol. The number of para-hydroxylation sites is 1. The smallest absolute Gasteiger partial charge is 0.246 e. The van der Waals surface area contributed by atoms with Crippen molar-refractivity contribution in [2.24, 2.45) is 0 Å². The maximum absolute atomic E-state index is 8.47. The van der Waals surface area contributed by atoms with Crippen LogP contribution >= 0.6 is 0 Å². The van der Waals surface area contributed by atoms with Crippen LogP contribution in [0.1, 0.15) is 18.0 Å². The lowest BCUT2D eigenvalue weighted by Crippen LogP contribution is -2.44. The second kappa shape index (κ2) is 7.17. The van der Waals surface area contributed by atoms with Crippen LogP contribution in [-0.4, -0.2) is 52.7 Å². The van der Waals surface area contributed by atoms with Gasteiger partial charge in [-0.2, -0.15) is 4.98 Å². The standard InChI is InChI=1S/C20H24N6.H2/c1-16-12-17(14-19(13-16)25-10-8-24(2)9-11-25)22-20-21-15-26(23-20)18-6-4-3-5-7-18;/h3-7,12-15H,8-11H2,1-2H3,(H,22,23);1H/i8D2,9D2,10D2,11D2;. The lowest BCUT2D eigenvalue weighted by Gasteiger charge is -2.34. The van der Waals surface area contributed by atoms with E-state index in [0.29, 0.717) is 21.1 Å². The molecule has 6 heteroatoms. The van der Waals surface area contributed by atoms with Crippen molar-refractivity contribution in [3.05, 3.63) is 60.4 Å². The Morgan fingerprint density at radius 2 is 1.81 bits per heavy atom. The van der Waals surface area contributed by atoms with Crippen molar-refractivity contribution in [3.8, 4) is 5.69 Å². The van der Waals surface area contributed by atoms with Crippen LogP contribution in [0.4, 0.5) is 17.3 Å². The second-order valence-corrected chi connectivity index (χ2v) is 5.87. The summed E-state index contributed by atoms with van der Waals surface area (Å²) in [5.41, 5.74) is 1.80. The Morgan fingerprint density at radius 3 is 2.58 bits per heavy atom. The summed E-state index contributed by atoms with van der Waals surface area (Å²) in [6.45, 7) is -9.77. The largest absolute Gasteiger partial charge is 0.369 e. The number of nitrogens with zero attached hydrogens (tertiary/aromatic N) is 5. The molecule has 1 N–H and O–H groups in total. The van der Waals surface area contributed by atoms with Crippen molar-refractivity contribution in [2.45, 2.75) is 6.92 Å². The van der Waals surface area contributed by atoms with E-state index in [0.717, 1.165) is 12.7 Å². The fraction of sp³-hybridized carbons (Fsp3) is 0.300. The zero-order chi connectivity index (χ0) is 25.1. The van der Waals surface area contributed by atoms with Crippen molar-refractivity contribution in [1.82, 2.24) is 19.7 Å². The van der Waals surface area contributed by atoms with Crippen LogP contribution in [0.5, 0.6) is 0 Å². The third-order valence-electron chi connectivity index (χ3n) is 3.75. The van der Waals surface area contributed by atoms with E-state index in [1.165, 1.54) is 18.5 Å². The molecule has 136 valence electrons. The fourth-order valence-electron chi connectivity index (χ4n) is 2.55. The van der Waals surface area contributed by atoms with Gasteiger partial charge in [-0.15, -0.1) is 5.10 Å². The molecule has 2 aromatic carbocycles. The number of aryl methyl sites for hydroxylation is 1. The molecule has 1 aliphatic rings. The molecule has 0 aliphatic carbocycles. The zero-order valence-corrected chi connectivity index (χ0v) is 14.4. The van der Waals surface area contributed by atoms with E-state index in [4.69, 9.17) is 11.0 Å². The second-order valence-electron chi connectivity index (χ2n) is 5.87. The molecule has 0 atom stereocenters. The monoisotopic (exact) mass is 358 g/mol. The molecule has 6 nitrogen and oxygen atoms in total. The molecule has 2 heterocycles. The number of anilines is 3. The van der Waals surface area contributed by atoms with Crippen LogP contribution in [0.25, 0.3) is 5.69 Å². The number of aromatic nitrogens is 3. The van der Waals surface area contributed by atoms with Gasteiger partial charge in [-0.1, -0.05) is 18.2 Å². The van der Waals surface area contributed by atoms with Gasteiger partial charge in [0, 0.05) is 44.3 Å². The van der Waals surface area contributed by atoms with E-state index in [-0.39, 0.29) is 13.1 Å². The molecule has 1 saturated heterocycles. The van der Waals surface area contributed by atoms with Gasteiger partial charge in [-0.25, -0.2) is 4.68 Å². The summed E-state index contributed by atoms with van der Waals surface area (Å²) in [4.78, 5) is 5.23. The molecule has 3 aromatic rings. The maximum Gasteiger partial charge on any atom is 0.246 e. The van der Waals surface area contributed by atoms with Crippen molar-refractivity contribution in [3.63, 3.8) is 0 Å². The molecule has 0 saturated carbocycles. The van der Waals surface area contributed by atoms with E-state index < -0.39 is 26.0 Å². The molecule has 1 fully saturated rings. The Balaban J connectivity index is 0.00000342. The normalized spacial score (nSPS) is 27.5. The lowest BCUT2D eigenvalue weighted by molar-refractivity contribution is 0.313. The summed E-state index contributed by atoms with van der Waals surface area (Å²) >= 11 is 0. The highest BCUT2D eigenvalue weighted by Gasteiger charge is 2.15. The molecule has 0 unspecified atom stereocenters. The maximum atomic E-state index is 8.47. The molecule has 1 aromatic heterocycles. The van der Waals surface area contributed by atoms with Crippen molar-refractivity contribution in [1.29, 1.82) is 0 Å². The molecule has 0 radical (unpaired) electrons. The number of rotatable bonds is 4. The quantitative estimate of drug-likeness (QED) is 0.775. The van der Waals surface area contributed by atoms with Crippen molar-refractivity contribution >= 4 is 17.3 Å². The van der Waals surface area contributed by atoms with E-state index in [9.17, 15) is 0 Å². The Kier molecular flexibility index (Phi) is 2.68. The fourth-order valence-corrected chi connectivity index (χ4v) is 2.55. The SMILES string of the molecule is [2H]C1([2H])N(C)C([2H])([2H])C([2H])([2H])N(c2cc(C)cc(Nc3ncn(-c4ccccc4)n3)c2)C1([2H])[2H].[HH]. The molecule has 0 spiro atoms. The van der Waals surface area contributed by atoms with E-state index in [2.05, 4.69) is 15.4 Å². The molecule has 4 rings (SSSR count). The van der Waals surface area contributed by atoms with Crippen LogP contribution < -0.4 is 10.2 Å². The zero-order valence-electron chi connectivity index (χ0n) is 22.4. The predicted octanol–water partition coefficient (Wildman–Crippen LogP) is 3.32. The topological polar surface area (TPSA) is 49.2 Å². The summed E-state index contributed by atoms with van der Waals surface area (Å²) in [6, 6.07) is 14.0. The van der Waals surface area contributed by atoms with Gasteiger partial charge in [0.05, 0.1) is 11.2 Å². The summed E-state index contributed by atoms with van der Waals surface area (Å²) < 4.78 is 68.4. The first-order valence-electron chi connectivity index (χ1n) is 12.1. The van der Waals surface area contributed by atoms with Gasteiger partial charge in [0.15, 0.2) is 0 Å². The third kappa shape index (κ3) is 3.70. The highest BCUT2D eigenvalue weighted by molar-refractivity contribution is 5.64. The minimum atomic E-state index is -2.91. The van der Waals surface area contributed by atoms with Gasteiger partial charge in [0.2, 0.25) is 5.95 Å². The molecule has 26 heavy (non-hydrogen) atoms. The van der Waals surface area contributed by atoms with Crippen LogP contribution in [-0.2, 0) is 0 Å². The summed E-state index contributed by atoms with van der Waals surface area (Å²) in [5.74, 6) is 0.246. The van der Waals surface area contributed by atoms with Gasteiger partial charge < -0.3 is 15.1 Å². The van der Waals surface area contributed by atoms with Crippen LogP contribution in [0, 0.1) is 6.92 Å². The Labute approximate surface area is 166 Å². The Bertz CT molecular complexity index is 1170. The average molecular weight is 359 g/mol. The van der Waals surface area contributed by atoms with Gasteiger partial charge >= 0.3 is 0 Å². The average Bonchev–Trinajstić information content (AvgIpc) is 3.20.